The number of carbonyl (C=O) groups excluding carboxylic acids is 1. The van der Waals surface area contributed by atoms with E-state index in [0.29, 0.717) is 16.3 Å². The van der Waals surface area contributed by atoms with Gasteiger partial charge in [-0.3, -0.25) is 19.6 Å². The normalized spacial score (nSPS) is 17.1. The van der Waals surface area contributed by atoms with Crippen molar-refractivity contribution in [1.29, 1.82) is 0 Å². The molecule has 1 aromatic carbocycles. The number of nitrogens with zero attached hydrogens (tertiary/aromatic N) is 4. The highest BCUT2D eigenvalue weighted by Crippen LogP contribution is 2.23. The number of rotatable bonds is 5. The van der Waals surface area contributed by atoms with Crippen molar-refractivity contribution in [3.63, 3.8) is 0 Å². The minimum absolute atomic E-state index is 0.0562. The van der Waals surface area contributed by atoms with Gasteiger partial charge in [0.1, 0.15) is 5.69 Å². The van der Waals surface area contributed by atoms with Crippen LogP contribution in [0.1, 0.15) is 34.9 Å². The van der Waals surface area contributed by atoms with E-state index in [1.165, 1.54) is 23.1 Å². The van der Waals surface area contributed by atoms with Crippen molar-refractivity contribution >= 4 is 23.2 Å². The fraction of sp³-hybridized carbons (Fsp3) is 0.412. The molecule has 2 heterocycles. The molecule has 1 fully saturated rings. The summed E-state index contributed by atoms with van der Waals surface area (Å²) < 4.78 is 1.83. The molecule has 8 nitrogen and oxygen atoms in total. The number of benzene rings is 1. The number of nitro groups is 1. The topological polar surface area (TPSA) is 93.3 Å². The molecule has 1 amide bonds. The molecule has 26 heavy (non-hydrogen) atoms. The first kappa shape index (κ1) is 18.3. The molecule has 0 radical (unpaired) electrons. The second kappa shape index (κ2) is 7.84. The fourth-order valence-corrected chi connectivity index (χ4v) is 3.21. The zero-order valence-corrected chi connectivity index (χ0v) is 15.1. The lowest BCUT2D eigenvalue weighted by Crippen LogP contribution is -2.32. The first-order valence-electron chi connectivity index (χ1n) is 8.40. The number of hydrogen-bond donors (Lipinski definition) is 1. The number of carbonyl (C=O) groups is 1. The van der Waals surface area contributed by atoms with Crippen molar-refractivity contribution in [1.82, 2.24) is 20.0 Å². The van der Waals surface area contributed by atoms with Crippen molar-refractivity contribution in [2.75, 3.05) is 20.1 Å². The molecular formula is C17H20ClN5O3. The maximum Gasteiger partial charge on any atom is 0.274 e. The van der Waals surface area contributed by atoms with Crippen molar-refractivity contribution in [3.8, 4) is 0 Å². The van der Waals surface area contributed by atoms with E-state index in [-0.39, 0.29) is 24.2 Å². The Hall–Kier alpha value is -2.45. The average molecular weight is 378 g/mol. The zero-order valence-electron chi connectivity index (χ0n) is 14.4. The molecule has 1 aromatic heterocycles. The van der Waals surface area contributed by atoms with Gasteiger partial charge in [-0.15, -0.1) is 0 Å². The molecule has 1 aliphatic rings. The van der Waals surface area contributed by atoms with E-state index >= 15 is 0 Å². The number of aromatic nitrogens is 2. The Kier molecular flexibility index (Phi) is 5.53. The Labute approximate surface area is 155 Å². The predicted octanol–water partition coefficient (Wildman–Crippen LogP) is 2.64. The summed E-state index contributed by atoms with van der Waals surface area (Å²) in [5.41, 5.74) is 0.812. The zero-order chi connectivity index (χ0) is 18.7. The number of hydrogen-bond acceptors (Lipinski definition) is 5. The van der Waals surface area contributed by atoms with Crippen LogP contribution in [0.4, 0.5) is 5.69 Å². The summed E-state index contributed by atoms with van der Waals surface area (Å²) in [5.74, 6) is -0.255. The first-order valence-corrected chi connectivity index (χ1v) is 8.77. The molecule has 1 saturated heterocycles. The van der Waals surface area contributed by atoms with Crippen molar-refractivity contribution in [2.45, 2.75) is 25.4 Å². The highest BCUT2D eigenvalue weighted by Gasteiger charge is 2.20. The average Bonchev–Trinajstić information content (AvgIpc) is 3.13. The van der Waals surface area contributed by atoms with E-state index in [4.69, 9.17) is 11.6 Å². The molecule has 1 atom stereocenters. The van der Waals surface area contributed by atoms with Crippen LogP contribution in [-0.4, -0.2) is 45.6 Å². The molecule has 1 unspecified atom stereocenters. The molecule has 1 N–H and O–H groups in total. The Morgan fingerprint density at radius 3 is 3.00 bits per heavy atom. The van der Waals surface area contributed by atoms with Gasteiger partial charge >= 0.3 is 0 Å². The van der Waals surface area contributed by atoms with E-state index < -0.39 is 4.92 Å². The third kappa shape index (κ3) is 4.03. The van der Waals surface area contributed by atoms with Gasteiger partial charge in [-0.05, 0) is 37.1 Å². The number of nitrogens with one attached hydrogen (secondary N) is 1. The number of non-ortho nitro benzene ring substituents is 1. The van der Waals surface area contributed by atoms with Crippen molar-refractivity contribution in [3.05, 3.63) is 56.9 Å². The van der Waals surface area contributed by atoms with Crippen LogP contribution in [-0.2, 0) is 6.54 Å². The van der Waals surface area contributed by atoms with Gasteiger partial charge in [0.05, 0.1) is 11.0 Å². The monoisotopic (exact) mass is 377 g/mol. The van der Waals surface area contributed by atoms with Crippen LogP contribution in [0.15, 0.2) is 30.5 Å². The van der Waals surface area contributed by atoms with Crippen molar-refractivity contribution < 1.29 is 9.72 Å². The summed E-state index contributed by atoms with van der Waals surface area (Å²) in [5, 5.41) is 19.0. The number of halogens is 1. The van der Waals surface area contributed by atoms with Crippen LogP contribution in [0.25, 0.3) is 0 Å². The quantitative estimate of drug-likeness (QED) is 0.638. The molecule has 0 aliphatic carbocycles. The first-order chi connectivity index (χ1) is 12.5. The molecule has 0 saturated carbocycles. The van der Waals surface area contributed by atoms with Gasteiger partial charge in [0, 0.05) is 43.5 Å². The predicted molar refractivity (Wildman–Crippen MR) is 97.3 cm³/mol. The van der Waals surface area contributed by atoms with E-state index in [9.17, 15) is 14.9 Å². The van der Waals surface area contributed by atoms with Crippen LogP contribution < -0.4 is 5.32 Å². The molecule has 2 aromatic rings. The van der Waals surface area contributed by atoms with Crippen LogP contribution in [0.5, 0.6) is 0 Å². The molecule has 3 rings (SSSR count). The lowest BCUT2D eigenvalue weighted by Gasteiger charge is -2.23. The Balaban J connectivity index is 1.71. The third-order valence-corrected chi connectivity index (χ3v) is 4.84. The number of nitro benzene ring substituents is 1. The lowest BCUT2D eigenvalue weighted by atomic mass is 10.1. The smallest absolute Gasteiger partial charge is 0.274 e. The second-order valence-corrected chi connectivity index (χ2v) is 6.78. The van der Waals surface area contributed by atoms with Crippen LogP contribution in [0, 0.1) is 10.1 Å². The standard InChI is InChI=1S/C17H20ClN5O3/c1-21(11-12-9-13(23(25)26)4-5-15(12)18)17(24)16-6-8-22(20-16)14-3-2-7-19-10-14/h4-6,8-9,14,19H,2-3,7,10-11H2,1H3. The molecule has 0 bridgehead atoms. The maximum absolute atomic E-state index is 12.6. The summed E-state index contributed by atoms with van der Waals surface area (Å²) in [7, 11) is 1.62. The SMILES string of the molecule is CN(Cc1cc([N+](=O)[O-])ccc1Cl)C(=O)c1ccn(C2CCCNC2)n1. The van der Waals surface area contributed by atoms with E-state index in [0.717, 1.165) is 25.9 Å². The number of piperidine rings is 1. The van der Waals surface area contributed by atoms with Gasteiger partial charge in [-0.2, -0.15) is 5.10 Å². The van der Waals surface area contributed by atoms with E-state index in [1.54, 1.807) is 13.1 Å². The van der Waals surface area contributed by atoms with Crippen molar-refractivity contribution in [2.24, 2.45) is 0 Å². The third-order valence-electron chi connectivity index (χ3n) is 4.47. The van der Waals surface area contributed by atoms with E-state index in [1.807, 2.05) is 10.9 Å². The second-order valence-electron chi connectivity index (χ2n) is 6.38. The Morgan fingerprint density at radius 2 is 2.31 bits per heavy atom. The Morgan fingerprint density at radius 1 is 1.50 bits per heavy atom. The van der Waals surface area contributed by atoms with Crippen LogP contribution in [0.3, 0.4) is 0 Å². The van der Waals surface area contributed by atoms with Crippen LogP contribution >= 0.6 is 11.6 Å². The molecule has 138 valence electrons. The minimum Gasteiger partial charge on any atom is -0.336 e. The van der Waals surface area contributed by atoms with Gasteiger partial charge in [-0.1, -0.05) is 11.6 Å². The summed E-state index contributed by atoms with van der Waals surface area (Å²) in [6, 6.07) is 6.15. The summed E-state index contributed by atoms with van der Waals surface area (Å²) in [6.07, 6.45) is 3.93. The minimum atomic E-state index is -0.485. The largest absolute Gasteiger partial charge is 0.336 e. The summed E-state index contributed by atoms with van der Waals surface area (Å²) >= 11 is 6.11. The number of amides is 1. The molecular weight excluding hydrogens is 358 g/mol. The highest BCUT2D eigenvalue weighted by molar-refractivity contribution is 6.31. The van der Waals surface area contributed by atoms with Gasteiger partial charge < -0.3 is 10.2 Å². The fourth-order valence-electron chi connectivity index (χ4n) is 3.03. The summed E-state index contributed by atoms with van der Waals surface area (Å²) in [4.78, 5) is 24.5. The van der Waals surface area contributed by atoms with Gasteiger partial charge in [-0.25, -0.2) is 0 Å². The highest BCUT2D eigenvalue weighted by atomic mass is 35.5. The Bertz CT molecular complexity index is 816. The molecule has 0 spiro atoms. The van der Waals surface area contributed by atoms with Crippen LogP contribution in [0.2, 0.25) is 5.02 Å². The van der Waals surface area contributed by atoms with Gasteiger partial charge in [0.15, 0.2) is 0 Å². The van der Waals surface area contributed by atoms with Gasteiger partial charge in [0.2, 0.25) is 0 Å². The lowest BCUT2D eigenvalue weighted by molar-refractivity contribution is -0.384. The van der Waals surface area contributed by atoms with E-state index in [2.05, 4.69) is 10.4 Å². The molecule has 9 heteroatoms. The molecule has 1 aliphatic heterocycles. The van der Waals surface area contributed by atoms with Gasteiger partial charge in [0.25, 0.3) is 11.6 Å². The maximum atomic E-state index is 12.6. The summed E-state index contributed by atoms with van der Waals surface area (Å²) in [6.45, 7) is 2.02.